The fourth-order valence-electron chi connectivity index (χ4n) is 3.29. The number of hydrogen-bond acceptors (Lipinski definition) is 6. The Kier molecular flexibility index (Phi) is 5.83. The summed E-state index contributed by atoms with van der Waals surface area (Å²) in [6.45, 7) is 8.68. The van der Waals surface area contributed by atoms with E-state index in [1.54, 1.807) is 11.8 Å². The van der Waals surface area contributed by atoms with Crippen molar-refractivity contribution in [2.45, 2.75) is 40.8 Å². The molecule has 0 saturated heterocycles. The molecule has 0 aliphatic rings. The van der Waals surface area contributed by atoms with Gasteiger partial charge in [0.1, 0.15) is 12.1 Å². The van der Waals surface area contributed by atoms with Gasteiger partial charge in [-0.05, 0) is 39.8 Å². The van der Waals surface area contributed by atoms with Crippen molar-refractivity contribution >= 4 is 34.3 Å². The van der Waals surface area contributed by atoms with Crippen molar-refractivity contribution in [1.29, 1.82) is 0 Å². The monoisotopic (exact) mass is 416 g/mol. The number of amides is 2. The molecule has 0 aliphatic heterocycles. The summed E-state index contributed by atoms with van der Waals surface area (Å²) >= 11 is 1.48. The Morgan fingerprint density at radius 3 is 2.34 bits per heavy atom. The standard InChI is InChI=1S/C19H24N6O3S/c1-5-23(6-2)13(26)10-25-15-14(16(20)27)21-17(12-9-8-11(4)29-12)22-18(15)24(7-3)19(25)28/h8-9H,5-7,10H2,1-4H3,(H2,20,27). The lowest BCUT2D eigenvalue weighted by atomic mass is 10.3. The van der Waals surface area contributed by atoms with Crippen molar-refractivity contribution in [3.63, 3.8) is 0 Å². The van der Waals surface area contributed by atoms with E-state index in [0.29, 0.717) is 31.1 Å². The Bertz CT molecular complexity index is 1140. The van der Waals surface area contributed by atoms with Crippen molar-refractivity contribution in [3.8, 4) is 10.7 Å². The largest absolute Gasteiger partial charge is 0.364 e. The minimum Gasteiger partial charge on any atom is -0.364 e. The van der Waals surface area contributed by atoms with Crippen molar-refractivity contribution < 1.29 is 9.59 Å². The summed E-state index contributed by atoms with van der Waals surface area (Å²) in [5.41, 5.74) is 5.62. The van der Waals surface area contributed by atoms with E-state index in [-0.39, 0.29) is 23.7 Å². The van der Waals surface area contributed by atoms with E-state index in [0.717, 1.165) is 9.75 Å². The fraction of sp³-hybridized carbons (Fsp3) is 0.421. The van der Waals surface area contributed by atoms with Crippen LogP contribution in [0.25, 0.3) is 21.9 Å². The van der Waals surface area contributed by atoms with Crippen molar-refractivity contribution in [3.05, 3.63) is 33.2 Å². The van der Waals surface area contributed by atoms with E-state index in [4.69, 9.17) is 5.73 Å². The summed E-state index contributed by atoms with van der Waals surface area (Å²) < 4.78 is 2.69. The van der Waals surface area contributed by atoms with Gasteiger partial charge in [0.25, 0.3) is 5.91 Å². The third kappa shape index (κ3) is 3.67. The van der Waals surface area contributed by atoms with Gasteiger partial charge < -0.3 is 10.6 Å². The lowest BCUT2D eigenvalue weighted by molar-refractivity contribution is -0.131. The zero-order valence-corrected chi connectivity index (χ0v) is 17.7. The molecule has 29 heavy (non-hydrogen) atoms. The zero-order valence-electron chi connectivity index (χ0n) is 16.9. The predicted octanol–water partition coefficient (Wildman–Crippen LogP) is 1.62. The minimum absolute atomic E-state index is 0.0623. The van der Waals surface area contributed by atoms with Crippen LogP contribution in [0, 0.1) is 6.92 Å². The Morgan fingerprint density at radius 2 is 1.83 bits per heavy atom. The summed E-state index contributed by atoms with van der Waals surface area (Å²) in [5.74, 6) is -0.663. The third-order valence-electron chi connectivity index (χ3n) is 4.77. The highest BCUT2D eigenvalue weighted by Crippen LogP contribution is 2.27. The highest BCUT2D eigenvalue weighted by atomic mass is 32.1. The lowest BCUT2D eigenvalue weighted by Crippen LogP contribution is -2.36. The molecule has 0 radical (unpaired) electrons. The summed E-state index contributed by atoms with van der Waals surface area (Å²) in [6, 6.07) is 3.79. The maximum Gasteiger partial charge on any atom is 0.330 e. The highest BCUT2D eigenvalue weighted by molar-refractivity contribution is 7.15. The van der Waals surface area contributed by atoms with Crippen LogP contribution in [0.3, 0.4) is 0 Å². The average molecular weight is 417 g/mol. The number of carbonyl (C=O) groups excluding carboxylic acids is 2. The SMILES string of the molecule is CCN(CC)C(=O)Cn1c(=O)n(CC)c2nc(-c3ccc(C)s3)nc(C(N)=O)c21. The van der Waals surface area contributed by atoms with Gasteiger partial charge in [0.15, 0.2) is 17.2 Å². The number of imidazole rings is 1. The second-order valence-electron chi connectivity index (χ2n) is 6.52. The highest BCUT2D eigenvalue weighted by Gasteiger charge is 2.25. The van der Waals surface area contributed by atoms with Crippen LogP contribution < -0.4 is 11.4 Å². The molecule has 3 aromatic heterocycles. The molecule has 0 spiro atoms. The first kappa shape index (κ1) is 20.7. The fourth-order valence-corrected chi connectivity index (χ4v) is 4.09. The summed E-state index contributed by atoms with van der Waals surface area (Å²) in [7, 11) is 0. The van der Waals surface area contributed by atoms with Gasteiger partial charge in [0.05, 0.1) is 4.88 Å². The number of fused-ring (bicyclic) bond motifs is 1. The smallest absolute Gasteiger partial charge is 0.330 e. The number of likely N-dealkylation sites (N-methyl/N-ethyl adjacent to an activating group) is 1. The van der Waals surface area contributed by atoms with Crippen molar-refractivity contribution in [2.75, 3.05) is 13.1 Å². The molecule has 0 aliphatic carbocycles. The van der Waals surface area contributed by atoms with E-state index in [9.17, 15) is 14.4 Å². The van der Waals surface area contributed by atoms with Crippen LogP contribution >= 0.6 is 11.3 Å². The first-order chi connectivity index (χ1) is 13.8. The van der Waals surface area contributed by atoms with Crippen LogP contribution in [0.5, 0.6) is 0 Å². The molecule has 0 bridgehead atoms. The van der Waals surface area contributed by atoms with E-state index in [2.05, 4.69) is 9.97 Å². The molecule has 154 valence electrons. The Labute approximate surface area is 171 Å². The number of thiophene rings is 1. The van der Waals surface area contributed by atoms with Gasteiger partial charge in [-0.15, -0.1) is 11.3 Å². The minimum atomic E-state index is -0.774. The maximum atomic E-state index is 13.0. The molecule has 3 rings (SSSR count). The van der Waals surface area contributed by atoms with Gasteiger partial charge in [-0.1, -0.05) is 0 Å². The Hall–Kier alpha value is -3.01. The molecule has 0 atom stereocenters. The second kappa shape index (κ2) is 8.16. The molecular weight excluding hydrogens is 392 g/mol. The van der Waals surface area contributed by atoms with Crippen LogP contribution in [0.2, 0.25) is 0 Å². The van der Waals surface area contributed by atoms with E-state index < -0.39 is 11.6 Å². The molecule has 2 amide bonds. The van der Waals surface area contributed by atoms with E-state index >= 15 is 0 Å². The lowest BCUT2D eigenvalue weighted by Gasteiger charge is -2.18. The van der Waals surface area contributed by atoms with Crippen LogP contribution in [0.4, 0.5) is 0 Å². The number of primary amides is 1. The molecule has 0 fully saturated rings. The molecular formula is C19H24N6O3S. The molecule has 0 aromatic carbocycles. The van der Waals surface area contributed by atoms with Crippen molar-refractivity contribution in [2.24, 2.45) is 5.73 Å². The van der Waals surface area contributed by atoms with Crippen LogP contribution in [0.1, 0.15) is 36.1 Å². The number of rotatable bonds is 7. The number of nitrogens with two attached hydrogens (primary N) is 1. The van der Waals surface area contributed by atoms with E-state index in [1.807, 2.05) is 32.9 Å². The molecule has 9 nitrogen and oxygen atoms in total. The Morgan fingerprint density at radius 1 is 1.14 bits per heavy atom. The number of carbonyl (C=O) groups is 2. The van der Waals surface area contributed by atoms with Gasteiger partial charge in [0.2, 0.25) is 5.91 Å². The molecule has 3 aromatic rings. The van der Waals surface area contributed by atoms with Gasteiger partial charge in [-0.25, -0.2) is 14.8 Å². The molecule has 10 heteroatoms. The number of nitrogens with zero attached hydrogens (tertiary/aromatic N) is 5. The third-order valence-corrected chi connectivity index (χ3v) is 5.77. The molecule has 2 N–H and O–H groups in total. The average Bonchev–Trinajstić information content (AvgIpc) is 3.23. The van der Waals surface area contributed by atoms with Gasteiger partial charge in [-0.2, -0.15) is 0 Å². The second-order valence-corrected chi connectivity index (χ2v) is 7.81. The number of aryl methyl sites for hydroxylation is 2. The van der Waals surface area contributed by atoms with Gasteiger partial charge in [0, 0.05) is 24.5 Å². The van der Waals surface area contributed by atoms with Crippen LogP contribution in [-0.2, 0) is 17.9 Å². The molecule has 3 heterocycles. The Balaban J connectivity index is 2.28. The summed E-state index contributed by atoms with van der Waals surface area (Å²) in [4.78, 5) is 50.2. The first-order valence-electron chi connectivity index (χ1n) is 9.47. The van der Waals surface area contributed by atoms with Crippen LogP contribution in [-0.4, -0.2) is 48.9 Å². The maximum absolute atomic E-state index is 13.0. The number of aromatic nitrogens is 4. The summed E-state index contributed by atoms with van der Waals surface area (Å²) in [5, 5.41) is 0. The van der Waals surface area contributed by atoms with Gasteiger partial charge in [-0.3, -0.25) is 18.7 Å². The number of hydrogen-bond donors (Lipinski definition) is 1. The topological polar surface area (TPSA) is 116 Å². The van der Waals surface area contributed by atoms with Gasteiger partial charge >= 0.3 is 5.69 Å². The van der Waals surface area contributed by atoms with Crippen LogP contribution in [0.15, 0.2) is 16.9 Å². The van der Waals surface area contributed by atoms with E-state index in [1.165, 1.54) is 20.5 Å². The predicted molar refractivity (Wildman–Crippen MR) is 112 cm³/mol. The molecule has 0 saturated carbocycles. The summed E-state index contributed by atoms with van der Waals surface area (Å²) in [6.07, 6.45) is 0. The van der Waals surface area contributed by atoms with Crippen molar-refractivity contribution in [1.82, 2.24) is 24.0 Å². The quantitative estimate of drug-likeness (QED) is 0.628. The normalized spacial score (nSPS) is 11.2. The zero-order chi connectivity index (χ0) is 21.3. The molecule has 0 unspecified atom stereocenters. The first-order valence-corrected chi connectivity index (χ1v) is 10.3.